The summed E-state index contributed by atoms with van der Waals surface area (Å²) >= 11 is 0. The Kier molecular flexibility index (Phi) is 2.26. The molecular weight excluding hydrogens is 306 g/mol. The molecule has 0 fully saturated rings. The van der Waals surface area contributed by atoms with Gasteiger partial charge in [0.25, 0.3) is 6.73 Å². The molecule has 0 saturated carbocycles. The normalized spacial score (nSPS) is 16.1. The van der Waals surface area contributed by atoms with Crippen molar-refractivity contribution in [2.45, 2.75) is 26.0 Å². The minimum atomic E-state index is -0.0297. The lowest BCUT2D eigenvalue weighted by molar-refractivity contribution is -0.717. The molecule has 2 heteroatoms. The Morgan fingerprint density at radius 1 is 0.920 bits per heavy atom. The van der Waals surface area contributed by atoms with Crippen molar-refractivity contribution in [3.63, 3.8) is 0 Å². The number of hydrogen-bond donors (Lipinski definition) is 0. The van der Waals surface area contributed by atoms with E-state index in [1.807, 2.05) is 0 Å². The molecule has 0 amide bonds. The summed E-state index contributed by atoms with van der Waals surface area (Å²) < 4.78 is 8.38. The predicted molar refractivity (Wildman–Crippen MR) is 99.8 cm³/mol. The van der Waals surface area contributed by atoms with Crippen LogP contribution >= 0.6 is 0 Å². The molecule has 0 bridgehead atoms. The zero-order valence-corrected chi connectivity index (χ0v) is 14.3. The van der Waals surface area contributed by atoms with E-state index in [0.29, 0.717) is 6.73 Å². The second kappa shape index (κ2) is 4.20. The predicted octanol–water partition coefficient (Wildman–Crippen LogP) is 4.94. The van der Waals surface area contributed by atoms with Crippen LogP contribution < -0.4 is 9.30 Å². The summed E-state index contributed by atoms with van der Waals surface area (Å²) in [5, 5.41) is 5.18. The molecule has 2 aliphatic rings. The van der Waals surface area contributed by atoms with Crippen LogP contribution in [0.4, 0.5) is 0 Å². The first-order valence-electron chi connectivity index (χ1n) is 8.81. The molecule has 1 aromatic heterocycles. The summed E-state index contributed by atoms with van der Waals surface area (Å²) in [6.07, 6.45) is 2.12. The molecule has 0 spiro atoms. The SMILES string of the molecule is CC1(C)c2ccc[n+]3c2-c2c(cc4cc5ccccc5cc4c21)OC3. The maximum atomic E-state index is 6.14. The molecule has 25 heavy (non-hydrogen) atoms. The number of benzene rings is 3. The standard InChI is InChI=1S/C23H18NO/c1-23(2)18-8-5-9-24-13-25-19-12-16-10-14-6-3-4-7-15(14)11-17(16)21(23)20(19)22(18)24/h3-12H,13H2,1-2H3/q+1. The van der Waals surface area contributed by atoms with Crippen LogP contribution in [0.25, 0.3) is 32.8 Å². The number of ether oxygens (including phenoxy) is 1. The van der Waals surface area contributed by atoms with Crippen molar-refractivity contribution in [1.29, 1.82) is 0 Å². The number of fused-ring (bicyclic) bond motifs is 3. The third-order valence-corrected chi connectivity index (χ3v) is 5.94. The lowest BCUT2D eigenvalue weighted by atomic mass is 9.80. The molecule has 4 aromatic rings. The first kappa shape index (κ1) is 13.4. The summed E-state index contributed by atoms with van der Waals surface area (Å²) in [6.45, 7) is 5.27. The number of nitrogens with zero attached hydrogens (tertiary/aromatic N) is 1. The van der Waals surface area contributed by atoms with Gasteiger partial charge in [-0.3, -0.25) is 0 Å². The van der Waals surface area contributed by atoms with Gasteiger partial charge in [-0.15, -0.1) is 0 Å². The van der Waals surface area contributed by atoms with Gasteiger partial charge < -0.3 is 4.74 Å². The van der Waals surface area contributed by atoms with E-state index in [1.54, 1.807) is 0 Å². The lowest BCUT2D eigenvalue weighted by Crippen LogP contribution is -2.41. The maximum absolute atomic E-state index is 6.14. The highest BCUT2D eigenvalue weighted by atomic mass is 16.5. The van der Waals surface area contributed by atoms with Crippen LogP contribution in [0.5, 0.6) is 5.75 Å². The fraction of sp³-hybridized carbons (Fsp3) is 0.174. The highest BCUT2D eigenvalue weighted by Crippen LogP contribution is 2.54. The second-order valence-electron chi connectivity index (χ2n) is 7.68. The zero-order chi connectivity index (χ0) is 16.8. The molecule has 120 valence electrons. The Bertz CT molecular complexity index is 1220. The molecule has 0 saturated heterocycles. The minimum absolute atomic E-state index is 0.0297. The third kappa shape index (κ3) is 1.53. The molecule has 2 nitrogen and oxygen atoms in total. The molecule has 0 atom stereocenters. The van der Waals surface area contributed by atoms with Crippen LogP contribution in [-0.2, 0) is 12.1 Å². The molecule has 0 radical (unpaired) electrons. The monoisotopic (exact) mass is 324 g/mol. The van der Waals surface area contributed by atoms with E-state index >= 15 is 0 Å². The van der Waals surface area contributed by atoms with E-state index in [2.05, 4.69) is 79.2 Å². The first-order valence-corrected chi connectivity index (χ1v) is 8.81. The van der Waals surface area contributed by atoms with Gasteiger partial charge in [-0.1, -0.05) is 38.1 Å². The average molecular weight is 324 g/mol. The van der Waals surface area contributed by atoms with Crippen molar-refractivity contribution < 1.29 is 9.30 Å². The van der Waals surface area contributed by atoms with E-state index in [9.17, 15) is 0 Å². The Morgan fingerprint density at radius 2 is 1.72 bits per heavy atom. The topological polar surface area (TPSA) is 13.1 Å². The molecular formula is C23H18NO+. The fourth-order valence-corrected chi connectivity index (χ4v) is 4.78. The fourth-order valence-electron chi connectivity index (χ4n) is 4.78. The van der Waals surface area contributed by atoms with Gasteiger partial charge in [0.2, 0.25) is 5.69 Å². The van der Waals surface area contributed by atoms with Crippen LogP contribution in [0.2, 0.25) is 0 Å². The summed E-state index contributed by atoms with van der Waals surface area (Å²) in [5.74, 6) is 1.02. The molecule has 0 N–H and O–H groups in total. The van der Waals surface area contributed by atoms with Crippen molar-refractivity contribution in [3.8, 4) is 17.0 Å². The number of rotatable bonds is 0. The molecule has 1 aliphatic heterocycles. The molecule has 0 unspecified atom stereocenters. The van der Waals surface area contributed by atoms with Crippen LogP contribution in [-0.4, -0.2) is 0 Å². The van der Waals surface area contributed by atoms with Crippen molar-refractivity contribution in [2.75, 3.05) is 0 Å². The van der Waals surface area contributed by atoms with Gasteiger partial charge in [-0.2, -0.15) is 4.57 Å². The minimum Gasteiger partial charge on any atom is -0.435 e. The van der Waals surface area contributed by atoms with E-state index in [0.717, 1.165) is 5.75 Å². The summed E-state index contributed by atoms with van der Waals surface area (Å²) in [6, 6.07) is 19.9. The van der Waals surface area contributed by atoms with Gasteiger partial charge in [-0.05, 0) is 51.4 Å². The highest BCUT2D eigenvalue weighted by molar-refractivity contribution is 6.05. The van der Waals surface area contributed by atoms with E-state index in [4.69, 9.17) is 4.74 Å². The van der Waals surface area contributed by atoms with E-state index in [1.165, 1.54) is 43.9 Å². The van der Waals surface area contributed by atoms with Gasteiger partial charge in [0.05, 0.1) is 5.56 Å². The highest BCUT2D eigenvalue weighted by Gasteiger charge is 2.46. The van der Waals surface area contributed by atoms with E-state index < -0.39 is 0 Å². The van der Waals surface area contributed by atoms with Gasteiger partial charge in [0, 0.05) is 17.0 Å². The Labute approximate surface area is 146 Å². The van der Waals surface area contributed by atoms with Gasteiger partial charge >= 0.3 is 0 Å². The second-order valence-corrected chi connectivity index (χ2v) is 7.68. The lowest BCUT2D eigenvalue weighted by Gasteiger charge is -2.22. The van der Waals surface area contributed by atoms with Crippen LogP contribution in [0.3, 0.4) is 0 Å². The van der Waals surface area contributed by atoms with E-state index in [-0.39, 0.29) is 5.41 Å². The number of pyridine rings is 1. The van der Waals surface area contributed by atoms with Crippen molar-refractivity contribution in [1.82, 2.24) is 0 Å². The molecule has 3 aromatic carbocycles. The maximum Gasteiger partial charge on any atom is 0.292 e. The summed E-state index contributed by atoms with van der Waals surface area (Å²) in [4.78, 5) is 0. The van der Waals surface area contributed by atoms with Crippen LogP contribution in [0.15, 0.2) is 60.8 Å². The average Bonchev–Trinajstić information content (AvgIpc) is 2.87. The van der Waals surface area contributed by atoms with Crippen molar-refractivity contribution >= 4 is 21.5 Å². The smallest absolute Gasteiger partial charge is 0.292 e. The van der Waals surface area contributed by atoms with Crippen molar-refractivity contribution in [2.24, 2.45) is 0 Å². The molecule has 6 rings (SSSR count). The zero-order valence-electron chi connectivity index (χ0n) is 14.3. The largest absolute Gasteiger partial charge is 0.435 e. The Hall–Kier alpha value is -2.87. The number of aromatic nitrogens is 1. The first-order chi connectivity index (χ1) is 12.1. The molecule has 1 aliphatic carbocycles. The third-order valence-electron chi connectivity index (χ3n) is 5.94. The van der Waals surface area contributed by atoms with Crippen molar-refractivity contribution in [3.05, 3.63) is 71.9 Å². The quantitative estimate of drug-likeness (QED) is 0.330. The van der Waals surface area contributed by atoms with Crippen LogP contribution in [0, 0.1) is 0 Å². The Morgan fingerprint density at radius 3 is 2.56 bits per heavy atom. The van der Waals surface area contributed by atoms with Gasteiger partial charge in [0.15, 0.2) is 6.20 Å². The Balaban J connectivity index is 1.85. The summed E-state index contributed by atoms with van der Waals surface area (Å²) in [7, 11) is 0. The van der Waals surface area contributed by atoms with Gasteiger partial charge in [0.1, 0.15) is 5.75 Å². The van der Waals surface area contributed by atoms with Crippen LogP contribution in [0.1, 0.15) is 25.0 Å². The number of hydrogen-bond acceptors (Lipinski definition) is 1. The summed E-state index contributed by atoms with van der Waals surface area (Å²) in [5.41, 5.74) is 5.39. The molecule has 2 heterocycles. The van der Waals surface area contributed by atoms with Gasteiger partial charge in [-0.25, -0.2) is 0 Å².